The molecule has 1 aliphatic heterocycles. The first-order chi connectivity index (χ1) is 12.7. The summed E-state index contributed by atoms with van der Waals surface area (Å²) < 4.78 is 2.34. The maximum atomic E-state index is 13.2. The van der Waals surface area contributed by atoms with Gasteiger partial charge in [0.1, 0.15) is 5.00 Å². The number of rotatable bonds is 1. The number of urea groups is 1. The molecule has 1 N–H and O–H groups in total. The topological polar surface area (TPSA) is 37.3 Å². The highest BCUT2D eigenvalue weighted by atomic mass is 32.1. The van der Waals surface area contributed by atoms with Gasteiger partial charge < -0.3 is 14.8 Å². The van der Waals surface area contributed by atoms with Crippen LogP contribution in [0.1, 0.15) is 73.2 Å². The van der Waals surface area contributed by atoms with E-state index in [9.17, 15) is 4.79 Å². The van der Waals surface area contributed by atoms with E-state index in [1.54, 1.807) is 4.88 Å². The lowest BCUT2D eigenvalue weighted by molar-refractivity contribution is 0.171. The Morgan fingerprint density at radius 3 is 2.81 bits per heavy atom. The average molecular weight is 370 g/mol. The summed E-state index contributed by atoms with van der Waals surface area (Å²) >= 11 is 1.95. The molecular weight excluding hydrogens is 342 g/mol. The average Bonchev–Trinajstić information content (AvgIpc) is 3.37. The van der Waals surface area contributed by atoms with E-state index < -0.39 is 0 Å². The van der Waals surface area contributed by atoms with Crippen LogP contribution in [-0.4, -0.2) is 21.5 Å². The third-order valence-electron chi connectivity index (χ3n) is 6.43. The van der Waals surface area contributed by atoms with E-state index in [1.807, 2.05) is 11.3 Å². The Balaban J connectivity index is 1.54. The molecule has 0 spiro atoms. The van der Waals surface area contributed by atoms with Crippen LogP contribution in [0.4, 0.5) is 4.79 Å². The maximum absolute atomic E-state index is 13.2. The molecule has 0 bridgehead atoms. The molecule has 3 heterocycles. The highest BCUT2D eigenvalue weighted by Gasteiger charge is 2.33. The molecule has 138 valence electrons. The molecule has 1 atom stereocenters. The van der Waals surface area contributed by atoms with Gasteiger partial charge in [0, 0.05) is 28.4 Å². The van der Waals surface area contributed by atoms with Crippen molar-refractivity contribution in [1.29, 1.82) is 0 Å². The SMILES string of the molecule is CC1c2cccn2-c2sc3c(c2CN1C(=O)NC1CCCC1)CCCC3. The van der Waals surface area contributed by atoms with E-state index >= 15 is 0 Å². The maximum Gasteiger partial charge on any atom is 0.318 e. The lowest BCUT2D eigenvalue weighted by Crippen LogP contribution is -2.44. The highest BCUT2D eigenvalue weighted by Crippen LogP contribution is 2.42. The first-order valence-electron chi connectivity index (χ1n) is 10.1. The fourth-order valence-corrected chi connectivity index (χ4v) is 6.34. The summed E-state index contributed by atoms with van der Waals surface area (Å²) in [5.74, 6) is 0. The van der Waals surface area contributed by atoms with E-state index in [2.05, 4.69) is 40.0 Å². The summed E-state index contributed by atoms with van der Waals surface area (Å²) in [6.07, 6.45) is 11.9. The summed E-state index contributed by atoms with van der Waals surface area (Å²) in [7, 11) is 0. The number of hydrogen-bond acceptors (Lipinski definition) is 2. The van der Waals surface area contributed by atoms with Gasteiger partial charge in [0.05, 0.1) is 12.6 Å². The molecule has 1 saturated carbocycles. The first kappa shape index (κ1) is 16.4. The van der Waals surface area contributed by atoms with Crippen LogP contribution in [-0.2, 0) is 19.4 Å². The van der Waals surface area contributed by atoms with Crippen LogP contribution in [0.15, 0.2) is 18.3 Å². The molecular formula is C21H27N3OS. The quantitative estimate of drug-likeness (QED) is 0.759. The van der Waals surface area contributed by atoms with Crippen molar-refractivity contribution < 1.29 is 4.79 Å². The Morgan fingerprint density at radius 2 is 1.96 bits per heavy atom. The molecule has 2 amide bonds. The normalized spacial score (nSPS) is 22.5. The van der Waals surface area contributed by atoms with Crippen molar-refractivity contribution in [2.24, 2.45) is 0 Å². The zero-order valence-electron chi connectivity index (χ0n) is 15.5. The van der Waals surface area contributed by atoms with Crippen LogP contribution in [0.2, 0.25) is 0 Å². The van der Waals surface area contributed by atoms with Crippen LogP contribution in [0.5, 0.6) is 0 Å². The second-order valence-corrected chi connectivity index (χ2v) is 9.12. The van der Waals surface area contributed by atoms with Crippen molar-refractivity contribution >= 4 is 17.4 Å². The Bertz CT molecular complexity index is 830. The first-order valence-corrected chi connectivity index (χ1v) is 10.9. The Labute approximate surface area is 159 Å². The smallest absolute Gasteiger partial charge is 0.318 e. The van der Waals surface area contributed by atoms with Gasteiger partial charge >= 0.3 is 6.03 Å². The van der Waals surface area contributed by atoms with Crippen molar-refractivity contribution in [2.45, 2.75) is 76.9 Å². The minimum atomic E-state index is 0.0882. The standard InChI is InChI=1S/C21H27N3OS/c1-14-18-10-6-12-23(18)20-17(16-9-4-5-11-19(16)26-20)13-24(14)21(25)22-15-7-2-3-8-15/h6,10,12,14-15H,2-5,7-9,11,13H2,1H3,(H,22,25). The van der Waals surface area contributed by atoms with E-state index in [1.165, 1.54) is 60.3 Å². The van der Waals surface area contributed by atoms with Gasteiger partial charge in [-0.15, -0.1) is 11.3 Å². The molecule has 0 radical (unpaired) electrons. The summed E-state index contributed by atoms with van der Waals surface area (Å²) in [5, 5.41) is 4.66. The molecule has 4 nitrogen and oxygen atoms in total. The predicted molar refractivity (Wildman–Crippen MR) is 105 cm³/mol. The summed E-state index contributed by atoms with van der Waals surface area (Å²) in [4.78, 5) is 16.8. The molecule has 1 unspecified atom stereocenters. The lowest BCUT2D eigenvalue weighted by atomic mass is 9.95. The number of aryl methyl sites for hydroxylation is 1. The highest BCUT2D eigenvalue weighted by molar-refractivity contribution is 7.15. The van der Waals surface area contributed by atoms with E-state index in [0.717, 1.165) is 19.4 Å². The van der Waals surface area contributed by atoms with Gasteiger partial charge in [0.25, 0.3) is 0 Å². The molecule has 5 rings (SSSR count). The van der Waals surface area contributed by atoms with Crippen molar-refractivity contribution in [3.8, 4) is 5.00 Å². The minimum absolute atomic E-state index is 0.0882. The largest absolute Gasteiger partial charge is 0.335 e. The summed E-state index contributed by atoms with van der Waals surface area (Å²) in [5.41, 5.74) is 4.15. The number of amides is 2. The van der Waals surface area contributed by atoms with Crippen LogP contribution < -0.4 is 5.32 Å². The predicted octanol–water partition coefficient (Wildman–Crippen LogP) is 4.95. The van der Waals surface area contributed by atoms with Crippen molar-refractivity contribution in [2.75, 3.05) is 0 Å². The van der Waals surface area contributed by atoms with Gasteiger partial charge in [-0.3, -0.25) is 0 Å². The number of nitrogens with one attached hydrogen (secondary N) is 1. The number of carbonyl (C=O) groups excluding carboxylic acids is 1. The van der Waals surface area contributed by atoms with E-state index in [4.69, 9.17) is 0 Å². The molecule has 0 aromatic carbocycles. The fourth-order valence-electron chi connectivity index (χ4n) is 4.94. The molecule has 5 heteroatoms. The molecule has 1 fully saturated rings. The van der Waals surface area contributed by atoms with E-state index in [0.29, 0.717) is 6.04 Å². The monoisotopic (exact) mass is 369 g/mol. The van der Waals surface area contributed by atoms with Gasteiger partial charge in [-0.1, -0.05) is 12.8 Å². The van der Waals surface area contributed by atoms with Gasteiger partial charge in [-0.05, 0) is 63.1 Å². The van der Waals surface area contributed by atoms with Crippen molar-refractivity contribution in [1.82, 2.24) is 14.8 Å². The molecule has 0 saturated heterocycles. The van der Waals surface area contributed by atoms with Gasteiger partial charge in [-0.25, -0.2) is 4.79 Å². The summed E-state index contributed by atoms with van der Waals surface area (Å²) in [6.45, 7) is 2.91. The number of aromatic nitrogens is 1. The third kappa shape index (κ3) is 2.59. The molecule has 26 heavy (non-hydrogen) atoms. The van der Waals surface area contributed by atoms with Crippen LogP contribution in [0.25, 0.3) is 5.00 Å². The van der Waals surface area contributed by atoms with Crippen LogP contribution in [0.3, 0.4) is 0 Å². The summed E-state index contributed by atoms with van der Waals surface area (Å²) in [6, 6.07) is 4.85. The number of carbonyl (C=O) groups is 1. The Hall–Kier alpha value is -1.75. The molecule has 2 aromatic rings. The number of nitrogens with zero attached hydrogens (tertiary/aromatic N) is 2. The second kappa shape index (κ2) is 6.45. The zero-order valence-corrected chi connectivity index (χ0v) is 16.3. The lowest BCUT2D eigenvalue weighted by Gasteiger charge is -2.29. The third-order valence-corrected chi connectivity index (χ3v) is 7.76. The zero-order chi connectivity index (χ0) is 17.7. The van der Waals surface area contributed by atoms with Gasteiger partial charge in [-0.2, -0.15) is 0 Å². The van der Waals surface area contributed by atoms with Crippen LogP contribution >= 0.6 is 11.3 Å². The van der Waals surface area contributed by atoms with E-state index in [-0.39, 0.29) is 12.1 Å². The number of thiophene rings is 1. The number of hydrogen-bond donors (Lipinski definition) is 1. The Morgan fingerprint density at radius 1 is 1.15 bits per heavy atom. The van der Waals surface area contributed by atoms with Gasteiger partial charge in [0.2, 0.25) is 0 Å². The number of fused-ring (bicyclic) bond motifs is 5. The second-order valence-electron chi connectivity index (χ2n) is 8.03. The fraction of sp³-hybridized carbons (Fsp3) is 0.571. The Kier molecular flexibility index (Phi) is 4.07. The van der Waals surface area contributed by atoms with Crippen LogP contribution in [0, 0.1) is 0 Å². The van der Waals surface area contributed by atoms with Gasteiger partial charge in [0.15, 0.2) is 0 Å². The minimum Gasteiger partial charge on any atom is -0.335 e. The molecule has 2 aliphatic carbocycles. The molecule has 3 aliphatic rings. The van der Waals surface area contributed by atoms with Crippen molar-refractivity contribution in [3.63, 3.8) is 0 Å². The van der Waals surface area contributed by atoms with Crippen molar-refractivity contribution in [3.05, 3.63) is 40.0 Å². The molecule has 2 aromatic heterocycles.